The maximum atomic E-state index is 11.5. The predicted octanol–water partition coefficient (Wildman–Crippen LogP) is 1.38. The highest BCUT2D eigenvalue weighted by Crippen LogP contribution is 2.20. The summed E-state index contributed by atoms with van der Waals surface area (Å²) in [5.74, 6) is 0.689. The van der Waals surface area contributed by atoms with Gasteiger partial charge in [0.2, 0.25) is 0 Å². The number of benzene rings is 1. The van der Waals surface area contributed by atoms with E-state index >= 15 is 0 Å². The maximum Gasteiger partial charge on any atom is 0.152 e. The molecule has 1 aromatic rings. The number of nitrogens with zero attached hydrogens (tertiary/aromatic N) is 2. The monoisotopic (exact) mass is 308 g/mol. The van der Waals surface area contributed by atoms with Crippen LogP contribution in [0.2, 0.25) is 0 Å². The molecule has 2 aliphatic rings. The van der Waals surface area contributed by atoms with Crippen molar-refractivity contribution in [1.82, 2.24) is 9.80 Å². The number of hydrogen-bond donors (Lipinski definition) is 0. The summed E-state index contributed by atoms with van der Waals surface area (Å²) in [6.07, 6.45) is 2.32. The van der Waals surface area contributed by atoms with Gasteiger partial charge in [0.1, 0.15) is 0 Å². The van der Waals surface area contributed by atoms with Gasteiger partial charge in [-0.25, -0.2) is 8.42 Å². The molecule has 0 saturated carbocycles. The van der Waals surface area contributed by atoms with Crippen LogP contribution >= 0.6 is 0 Å². The van der Waals surface area contributed by atoms with E-state index < -0.39 is 9.84 Å². The van der Waals surface area contributed by atoms with Gasteiger partial charge in [0, 0.05) is 25.7 Å². The number of rotatable bonds is 3. The molecular weight excluding hydrogens is 284 g/mol. The van der Waals surface area contributed by atoms with Crippen LogP contribution < -0.4 is 0 Å². The summed E-state index contributed by atoms with van der Waals surface area (Å²) in [5.41, 5.74) is 1.38. The Hall–Kier alpha value is -0.910. The number of likely N-dealkylation sites (tertiary alicyclic amines) is 1. The molecule has 0 unspecified atom stereocenters. The van der Waals surface area contributed by atoms with E-state index in [2.05, 4.69) is 40.1 Å². The van der Waals surface area contributed by atoms with E-state index in [-0.39, 0.29) is 0 Å². The van der Waals surface area contributed by atoms with E-state index in [9.17, 15) is 8.42 Å². The second-order valence-corrected chi connectivity index (χ2v) is 8.48. The molecule has 2 aliphatic heterocycles. The maximum absolute atomic E-state index is 11.5. The quantitative estimate of drug-likeness (QED) is 0.846. The van der Waals surface area contributed by atoms with Crippen LogP contribution in [-0.4, -0.2) is 61.9 Å². The van der Waals surface area contributed by atoms with Gasteiger partial charge in [-0.05, 0) is 31.5 Å². The summed E-state index contributed by atoms with van der Waals surface area (Å²) in [5, 5.41) is 0. The molecule has 0 atom stereocenters. The third kappa shape index (κ3) is 4.05. The van der Waals surface area contributed by atoms with Crippen LogP contribution in [0.25, 0.3) is 0 Å². The van der Waals surface area contributed by atoms with Gasteiger partial charge >= 0.3 is 0 Å². The van der Waals surface area contributed by atoms with E-state index in [0.29, 0.717) is 17.5 Å². The molecule has 21 heavy (non-hydrogen) atoms. The van der Waals surface area contributed by atoms with Crippen LogP contribution in [0.3, 0.4) is 0 Å². The third-order valence-corrected chi connectivity index (χ3v) is 6.31. The summed E-state index contributed by atoms with van der Waals surface area (Å²) in [7, 11) is -2.76. The lowest BCUT2D eigenvalue weighted by Gasteiger charge is -2.40. The first-order valence-electron chi connectivity index (χ1n) is 7.83. The second kappa shape index (κ2) is 6.46. The Labute approximate surface area is 127 Å². The lowest BCUT2D eigenvalue weighted by Crippen LogP contribution is -2.50. The predicted molar refractivity (Wildman–Crippen MR) is 85.0 cm³/mol. The lowest BCUT2D eigenvalue weighted by atomic mass is 10.0. The van der Waals surface area contributed by atoms with E-state index in [1.54, 1.807) is 0 Å². The van der Waals surface area contributed by atoms with Crippen molar-refractivity contribution < 1.29 is 8.42 Å². The summed E-state index contributed by atoms with van der Waals surface area (Å²) in [6.45, 7) is 4.71. The normalized spacial score (nSPS) is 25.0. The molecule has 1 aromatic carbocycles. The molecule has 2 fully saturated rings. The van der Waals surface area contributed by atoms with Crippen molar-refractivity contribution in [3.63, 3.8) is 0 Å². The Morgan fingerprint density at radius 1 is 0.952 bits per heavy atom. The van der Waals surface area contributed by atoms with E-state index in [1.165, 1.54) is 5.56 Å². The zero-order valence-electron chi connectivity index (χ0n) is 12.4. The second-order valence-electron chi connectivity index (χ2n) is 6.18. The summed E-state index contributed by atoms with van der Waals surface area (Å²) in [4.78, 5) is 4.90. The topological polar surface area (TPSA) is 40.6 Å². The van der Waals surface area contributed by atoms with Crippen molar-refractivity contribution in [2.24, 2.45) is 0 Å². The van der Waals surface area contributed by atoms with Crippen LogP contribution in [0.5, 0.6) is 0 Å². The van der Waals surface area contributed by atoms with Crippen LogP contribution in [0, 0.1) is 0 Å². The van der Waals surface area contributed by atoms with Gasteiger partial charge in [-0.3, -0.25) is 9.80 Å². The van der Waals surface area contributed by atoms with E-state index in [0.717, 1.165) is 45.6 Å². The van der Waals surface area contributed by atoms with Crippen molar-refractivity contribution in [1.29, 1.82) is 0 Å². The van der Waals surface area contributed by atoms with Crippen molar-refractivity contribution in [2.75, 3.05) is 37.7 Å². The molecule has 0 radical (unpaired) electrons. The molecule has 0 bridgehead atoms. The number of piperidine rings is 1. The molecule has 0 N–H and O–H groups in total. The van der Waals surface area contributed by atoms with Crippen molar-refractivity contribution in [3.8, 4) is 0 Å². The SMILES string of the molecule is O=S1(=O)CCN(C2CCN(Cc3ccccc3)CC2)CC1. The highest BCUT2D eigenvalue weighted by molar-refractivity contribution is 7.91. The minimum Gasteiger partial charge on any atom is -0.299 e. The van der Waals surface area contributed by atoms with Gasteiger partial charge in [-0.15, -0.1) is 0 Å². The van der Waals surface area contributed by atoms with Crippen LogP contribution in [-0.2, 0) is 16.4 Å². The van der Waals surface area contributed by atoms with Gasteiger partial charge in [-0.2, -0.15) is 0 Å². The fourth-order valence-electron chi connectivity index (χ4n) is 3.38. The minimum absolute atomic E-state index is 0.344. The van der Waals surface area contributed by atoms with Gasteiger partial charge in [-0.1, -0.05) is 30.3 Å². The molecule has 2 heterocycles. The van der Waals surface area contributed by atoms with Crippen molar-refractivity contribution in [2.45, 2.75) is 25.4 Å². The summed E-state index contributed by atoms with van der Waals surface area (Å²) in [6, 6.07) is 11.2. The van der Waals surface area contributed by atoms with Gasteiger partial charge in [0.05, 0.1) is 11.5 Å². The molecule has 2 saturated heterocycles. The molecule has 0 amide bonds. The van der Waals surface area contributed by atoms with Crippen molar-refractivity contribution >= 4 is 9.84 Å². The molecule has 0 spiro atoms. The Morgan fingerprint density at radius 2 is 1.57 bits per heavy atom. The molecule has 5 heteroatoms. The van der Waals surface area contributed by atoms with Gasteiger partial charge in [0.15, 0.2) is 9.84 Å². The molecule has 116 valence electrons. The number of hydrogen-bond acceptors (Lipinski definition) is 4. The van der Waals surface area contributed by atoms with Crippen LogP contribution in [0.15, 0.2) is 30.3 Å². The highest BCUT2D eigenvalue weighted by Gasteiger charge is 2.29. The van der Waals surface area contributed by atoms with Crippen LogP contribution in [0.4, 0.5) is 0 Å². The zero-order chi connectivity index (χ0) is 14.7. The first kappa shape index (κ1) is 15.0. The molecule has 0 aromatic heterocycles. The lowest BCUT2D eigenvalue weighted by molar-refractivity contribution is 0.111. The minimum atomic E-state index is -2.76. The fraction of sp³-hybridized carbons (Fsp3) is 0.625. The summed E-state index contributed by atoms with van der Waals surface area (Å²) < 4.78 is 23.0. The fourth-order valence-corrected chi connectivity index (χ4v) is 4.61. The van der Waals surface area contributed by atoms with Crippen molar-refractivity contribution in [3.05, 3.63) is 35.9 Å². The van der Waals surface area contributed by atoms with Gasteiger partial charge in [0.25, 0.3) is 0 Å². The molecule has 3 rings (SSSR count). The first-order valence-corrected chi connectivity index (χ1v) is 9.65. The largest absolute Gasteiger partial charge is 0.299 e. The Bertz CT molecular complexity index is 537. The average Bonchev–Trinajstić information content (AvgIpc) is 2.49. The number of sulfone groups is 1. The summed E-state index contributed by atoms with van der Waals surface area (Å²) >= 11 is 0. The van der Waals surface area contributed by atoms with Gasteiger partial charge < -0.3 is 0 Å². The average molecular weight is 308 g/mol. The third-order valence-electron chi connectivity index (χ3n) is 4.70. The van der Waals surface area contributed by atoms with E-state index in [4.69, 9.17) is 0 Å². The first-order chi connectivity index (χ1) is 10.1. The Balaban J connectivity index is 1.47. The highest BCUT2D eigenvalue weighted by atomic mass is 32.2. The Kier molecular flexibility index (Phi) is 4.62. The standard InChI is InChI=1S/C16H24N2O2S/c19-21(20)12-10-18(11-13-21)16-6-8-17(9-7-16)14-15-4-2-1-3-5-15/h1-5,16H,6-14H2. The van der Waals surface area contributed by atoms with E-state index in [1.807, 2.05) is 0 Å². The van der Waals surface area contributed by atoms with Crippen LogP contribution in [0.1, 0.15) is 18.4 Å². The molecular formula is C16H24N2O2S. The smallest absolute Gasteiger partial charge is 0.152 e. The zero-order valence-corrected chi connectivity index (χ0v) is 13.3. The molecule has 4 nitrogen and oxygen atoms in total. The Morgan fingerprint density at radius 3 is 2.19 bits per heavy atom. The molecule has 0 aliphatic carbocycles.